The zero-order chi connectivity index (χ0) is 17.6. The molecular weight excluding hydrogens is 308 g/mol. The third-order valence-corrected chi connectivity index (χ3v) is 4.48. The van der Waals surface area contributed by atoms with E-state index in [-0.39, 0.29) is 12.7 Å². The molecule has 24 heavy (non-hydrogen) atoms. The molecule has 0 bridgehead atoms. The zero-order valence-corrected chi connectivity index (χ0v) is 15.3. The molecule has 2 aliphatic heterocycles. The van der Waals surface area contributed by atoms with Crippen LogP contribution in [0, 0.1) is 0 Å². The van der Waals surface area contributed by atoms with E-state index >= 15 is 0 Å². The predicted octanol–water partition coefficient (Wildman–Crippen LogP) is 2.03. The molecule has 2 aliphatic rings. The monoisotopic (exact) mass is 340 g/mol. The fraction of sp³-hybridized carbons (Fsp3) is 0.833. The topological polar surface area (TPSA) is 62.2 Å². The van der Waals surface area contributed by atoms with Crippen molar-refractivity contribution in [1.82, 2.24) is 9.80 Å². The van der Waals surface area contributed by atoms with Crippen LogP contribution >= 0.6 is 0 Å². The van der Waals surface area contributed by atoms with Gasteiger partial charge in [-0.2, -0.15) is 0 Å². The number of aliphatic hydroxyl groups is 1. The molecule has 2 rings (SSSR count). The maximum atomic E-state index is 12.1. The molecule has 1 saturated heterocycles. The van der Waals surface area contributed by atoms with Gasteiger partial charge in [0.1, 0.15) is 5.60 Å². The van der Waals surface area contributed by atoms with E-state index < -0.39 is 5.60 Å². The summed E-state index contributed by atoms with van der Waals surface area (Å²) >= 11 is 0. The van der Waals surface area contributed by atoms with Crippen molar-refractivity contribution < 1.29 is 19.4 Å². The molecule has 0 aromatic carbocycles. The van der Waals surface area contributed by atoms with Crippen molar-refractivity contribution in [1.29, 1.82) is 0 Å². The van der Waals surface area contributed by atoms with E-state index in [1.165, 1.54) is 5.57 Å². The van der Waals surface area contributed by atoms with Gasteiger partial charge in [-0.1, -0.05) is 11.6 Å². The third-order valence-electron chi connectivity index (χ3n) is 4.48. The van der Waals surface area contributed by atoms with E-state index in [1.54, 1.807) is 4.90 Å². The number of hydrogen-bond donors (Lipinski definition) is 1. The molecule has 1 fully saturated rings. The van der Waals surface area contributed by atoms with Crippen LogP contribution in [0.3, 0.4) is 0 Å². The summed E-state index contributed by atoms with van der Waals surface area (Å²) in [5, 5.41) is 9.37. The summed E-state index contributed by atoms with van der Waals surface area (Å²) in [5.41, 5.74) is 0.920. The minimum atomic E-state index is -0.455. The van der Waals surface area contributed by atoms with E-state index in [0.29, 0.717) is 19.1 Å². The maximum Gasteiger partial charge on any atom is 0.410 e. The van der Waals surface area contributed by atoms with Crippen molar-refractivity contribution in [3.63, 3.8) is 0 Å². The molecule has 2 heterocycles. The minimum absolute atomic E-state index is 0.208. The summed E-state index contributed by atoms with van der Waals surface area (Å²) in [6, 6.07) is 0.359. The number of carbonyl (C=O) groups excluding carboxylic acids is 1. The van der Waals surface area contributed by atoms with E-state index in [9.17, 15) is 9.90 Å². The van der Waals surface area contributed by atoms with Gasteiger partial charge in [0, 0.05) is 38.8 Å². The Morgan fingerprint density at radius 2 is 2.04 bits per heavy atom. The summed E-state index contributed by atoms with van der Waals surface area (Å²) < 4.78 is 10.9. The number of rotatable bonds is 5. The van der Waals surface area contributed by atoms with E-state index in [4.69, 9.17) is 9.47 Å². The normalized spacial score (nSPS) is 21.3. The molecule has 6 heteroatoms. The fourth-order valence-corrected chi connectivity index (χ4v) is 3.20. The van der Waals surface area contributed by atoms with Gasteiger partial charge in [-0.15, -0.1) is 0 Å². The Morgan fingerprint density at radius 3 is 2.58 bits per heavy atom. The molecule has 138 valence electrons. The quantitative estimate of drug-likeness (QED) is 0.776. The average Bonchev–Trinajstić information content (AvgIpc) is 2.54. The molecule has 1 atom stereocenters. The molecule has 0 spiro atoms. The molecule has 1 N–H and O–H groups in total. The predicted molar refractivity (Wildman–Crippen MR) is 93.0 cm³/mol. The Labute approximate surface area is 145 Å². The summed E-state index contributed by atoms with van der Waals surface area (Å²) in [6.45, 7) is 10.6. The summed E-state index contributed by atoms with van der Waals surface area (Å²) in [4.78, 5) is 16.3. The van der Waals surface area contributed by atoms with Crippen molar-refractivity contribution in [2.24, 2.45) is 0 Å². The summed E-state index contributed by atoms with van der Waals surface area (Å²) in [5.74, 6) is 0. The largest absolute Gasteiger partial charge is 0.444 e. The molecule has 6 nitrogen and oxygen atoms in total. The maximum absolute atomic E-state index is 12.1. The van der Waals surface area contributed by atoms with Crippen LogP contribution in [0.4, 0.5) is 4.79 Å². The van der Waals surface area contributed by atoms with Crippen molar-refractivity contribution in [3.05, 3.63) is 11.6 Å². The Balaban J connectivity index is 1.87. The molecule has 0 aromatic heterocycles. The first-order chi connectivity index (χ1) is 11.4. The highest BCUT2D eigenvalue weighted by Gasteiger charge is 2.26. The van der Waals surface area contributed by atoms with Gasteiger partial charge < -0.3 is 19.5 Å². The molecule has 0 radical (unpaired) electrons. The van der Waals surface area contributed by atoms with Crippen LogP contribution in [0.15, 0.2) is 11.6 Å². The summed E-state index contributed by atoms with van der Waals surface area (Å²) in [6.07, 6.45) is 4.54. The molecule has 0 aliphatic carbocycles. The molecular formula is C18H32N2O4. The lowest BCUT2D eigenvalue weighted by atomic mass is 9.97. The van der Waals surface area contributed by atoms with Crippen LogP contribution in [0.1, 0.15) is 40.0 Å². The molecule has 1 amide bonds. The third kappa shape index (κ3) is 6.07. The Bertz CT molecular complexity index is 439. The first-order valence-corrected chi connectivity index (χ1v) is 8.97. The van der Waals surface area contributed by atoms with E-state index in [0.717, 1.165) is 45.6 Å². The lowest BCUT2D eigenvalue weighted by molar-refractivity contribution is 0.0107. The molecule has 0 saturated carbocycles. The zero-order valence-electron chi connectivity index (χ0n) is 15.3. The lowest BCUT2D eigenvalue weighted by Crippen LogP contribution is -2.44. The van der Waals surface area contributed by atoms with Crippen LogP contribution in [-0.2, 0) is 9.47 Å². The van der Waals surface area contributed by atoms with Gasteiger partial charge in [-0.3, -0.25) is 4.90 Å². The highest BCUT2D eigenvalue weighted by atomic mass is 16.6. The number of amides is 1. The summed E-state index contributed by atoms with van der Waals surface area (Å²) in [7, 11) is 0. The van der Waals surface area contributed by atoms with Gasteiger partial charge in [-0.25, -0.2) is 4.79 Å². The van der Waals surface area contributed by atoms with Crippen LogP contribution in [-0.4, -0.2) is 78.6 Å². The number of nitrogens with zero attached hydrogens (tertiary/aromatic N) is 2. The first kappa shape index (κ1) is 19.2. The fourth-order valence-electron chi connectivity index (χ4n) is 3.20. The van der Waals surface area contributed by atoms with Crippen molar-refractivity contribution in [2.45, 2.75) is 51.7 Å². The number of carbonyl (C=O) groups is 1. The standard InChI is InChI=1S/C18H32N2O4/c1-18(2,3)24-17(22)20-7-4-15(5-8-20)14-16(6-11-21)19-9-12-23-13-10-19/h4,16,21H,5-14H2,1-3H3. The van der Waals surface area contributed by atoms with Crippen LogP contribution in [0.25, 0.3) is 0 Å². The Hall–Kier alpha value is -1.11. The van der Waals surface area contributed by atoms with Gasteiger partial charge in [0.2, 0.25) is 0 Å². The Kier molecular flexibility index (Phi) is 7.07. The minimum Gasteiger partial charge on any atom is -0.444 e. The van der Waals surface area contributed by atoms with Crippen molar-refractivity contribution >= 4 is 6.09 Å². The number of aliphatic hydroxyl groups excluding tert-OH is 1. The number of morpholine rings is 1. The smallest absolute Gasteiger partial charge is 0.410 e. The second kappa shape index (κ2) is 8.83. The van der Waals surface area contributed by atoms with Crippen LogP contribution in [0.2, 0.25) is 0 Å². The lowest BCUT2D eigenvalue weighted by Gasteiger charge is -2.36. The average molecular weight is 340 g/mol. The van der Waals surface area contributed by atoms with Gasteiger partial charge in [-0.05, 0) is 40.0 Å². The highest BCUT2D eigenvalue weighted by Crippen LogP contribution is 2.22. The van der Waals surface area contributed by atoms with Crippen LogP contribution < -0.4 is 0 Å². The highest BCUT2D eigenvalue weighted by molar-refractivity contribution is 5.68. The number of hydrogen-bond acceptors (Lipinski definition) is 5. The SMILES string of the molecule is CC(C)(C)OC(=O)N1CC=C(CC(CCO)N2CCOCC2)CC1. The van der Waals surface area contributed by atoms with Crippen LogP contribution in [0.5, 0.6) is 0 Å². The molecule has 0 aromatic rings. The van der Waals surface area contributed by atoms with E-state index in [2.05, 4.69) is 11.0 Å². The van der Waals surface area contributed by atoms with Crippen molar-refractivity contribution in [3.8, 4) is 0 Å². The Morgan fingerprint density at radius 1 is 1.33 bits per heavy atom. The molecule has 1 unspecified atom stereocenters. The van der Waals surface area contributed by atoms with Gasteiger partial charge in [0.05, 0.1) is 13.2 Å². The number of ether oxygens (including phenoxy) is 2. The van der Waals surface area contributed by atoms with Gasteiger partial charge >= 0.3 is 6.09 Å². The van der Waals surface area contributed by atoms with Gasteiger partial charge in [0.15, 0.2) is 0 Å². The first-order valence-electron chi connectivity index (χ1n) is 8.97. The van der Waals surface area contributed by atoms with E-state index in [1.807, 2.05) is 20.8 Å². The van der Waals surface area contributed by atoms with Crippen molar-refractivity contribution in [2.75, 3.05) is 46.0 Å². The second-order valence-corrected chi connectivity index (χ2v) is 7.56. The second-order valence-electron chi connectivity index (χ2n) is 7.56. The van der Waals surface area contributed by atoms with Gasteiger partial charge in [0.25, 0.3) is 0 Å².